The molecule has 0 radical (unpaired) electrons. The quantitative estimate of drug-likeness (QED) is 0.126. The van der Waals surface area contributed by atoms with Crippen molar-refractivity contribution in [3.05, 3.63) is 39.2 Å². The minimum Gasteiger partial charge on any atom is -0.440 e. The van der Waals surface area contributed by atoms with E-state index in [0.717, 1.165) is 17.8 Å². The number of nitrogens with two attached hydrogens (primary N) is 2. The van der Waals surface area contributed by atoms with Crippen LogP contribution in [0.15, 0.2) is 35.2 Å². The number of thiazole rings is 2. The van der Waals surface area contributed by atoms with E-state index in [1.54, 1.807) is 17.5 Å². The number of hydrogen-bond donors (Lipinski definition) is 3. The summed E-state index contributed by atoms with van der Waals surface area (Å²) in [5, 5.41) is 8.76. The molecule has 0 fully saturated rings. The monoisotopic (exact) mass is 553 g/mol. The number of aryl methyl sites for hydroxylation is 3. The molecule has 1 atom stereocenters. The molecule has 5 N–H and O–H groups in total. The summed E-state index contributed by atoms with van der Waals surface area (Å²) in [6, 6.07) is 0.0782. The zero-order chi connectivity index (χ0) is 26.8. The van der Waals surface area contributed by atoms with Gasteiger partial charge in [0.15, 0.2) is 11.7 Å². The molecule has 0 aromatic carbocycles. The largest absolute Gasteiger partial charge is 0.440 e. The minimum absolute atomic E-state index is 0.0782. The first-order valence-electron chi connectivity index (χ1n) is 11.8. The Kier molecular flexibility index (Phi) is 7.35. The van der Waals surface area contributed by atoms with Crippen molar-refractivity contribution in [3.8, 4) is 45.5 Å². The van der Waals surface area contributed by atoms with Crippen molar-refractivity contribution < 1.29 is 13.3 Å². The van der Waals surface area contributed by atoms with Gasteiger partial charge >= 0.3 is 0 Å². The lowest BCUT2D eigenvalue weighted by Gasteiger charge is -2.12. The van der Waals surface area contributed by atoms with Crippen LogP contribution in [0.25, 0.3) is 45.5 Å². The van der Waals surface area contributed by atoms with E-state index >= 15 is 0 Å². The number of aliphatic imine (C=N–C) groups is 1. The molecule has 198 valence electrons. The lowest BCUT2D eigenvalue weighted by molar-refractivity contribution is 0.525. The predicted molar refractivity (Wildman–Crippen MR) is 146 cm³/mol. The summed E-state index contributed by atoms with van der Waals surface area (Å²) in [4.78, 5) is 27.0. The third kappa shape index (κ3) is 5.37. The maximum Gasteiger partial charge on any atom is 0.248 e. The molecular formula is C24H27N9O3S2. The standard InChI is InChI=1S/C24H27N9O3S2/c1-11-8-29-21(34-11)17-12(2)35-19(32-17)16-10-38-23(31-16)18-13(3)36-20(33-18)15-9-37-22(30-15)14(27-4)6-5-7-28-24(25)26/h8-10,14,27H,5-7H2,1-4H3,(H4,25,26,28)/t14-/m0/s1. The van der Waals surface area contributed by atoms with Gasteiger partial charge in [-0.05, 0) is 40.7 Å². The van der Waals surface area contributed by atoms with Crippen LogP contribution in [-0.2, 0) is 0 Å². The Morgan fingerprint density at radius 3 is 2.29 bits per heavy atom. The summed E-state index contributed by atoms with van der Waals surface area (Å²) in [5.41, 5.74) is 13.3. The molecule has 5 heterocycles. The van der Waals surface area contributed by atoms with Gasteiger partial charge in [0.2, 0.25) is 17.7 Å². The van der Waals surface area contributed by atoms with Crippen molar-refractivity contribution in [2.24, 2.45) is 16.5 Å². The second kappa shape index (κ2) is 10.8. The highest BCUT2D eigenvalue weighted by molar-refractivity contribution is 7.13. The van der Waals surface area contributed by atoms with Crippen LogP contribution in [-0.4, -0.2) is 44.5 Å². The van der Waals surface area contributed by atoms with E-state index in [2.05, 4.69) is 20.3 Å². The van der Waals surface area contributed by atoms with Crippen LogP contribution in [0.1, 0.15) is 41.2 Å². The van der Waals surface area contributed by atoms with Crippen molar-refractivity contribution in [2.45, 2.75) is 39.7 Å². The van der Waals surface area contributed by atoms with Gasteiger partial charge in [0.25, 0.3) is 0 Å². The zero-order valence-corrected chi connectivity index (χ0v) is 22.9. The Balaban J connectivity index is 1.33. The Hall–Kier alpha value is -3.88. The molecule has 0 unspecified atom stereocenters. The molecule has 0 saturated heterocycles. The van der Waals surface area contributed by atoms with Crippen molar-refractivity contribution >= 4 is 28.6 Å². The van der Waals surface area contributed by atoms with E-state index in [4.69, 9.17) is 39.7 Å². The van der Waals surface area contributed by atoms with Crippen LogP contribution in [0.4, 0.5) is 0 Å². The van der Waals surface area contributed by atoms with E-state index in [0.29, 0.717) is 69.3 Å². The van der Waals surface area contributed by atoms with Gasteiger partial charge in [0, 0.05) is 17.3 Å². The van der Waals surface area contributed by atoms with Crippen molar-refractivity contribution in [2.75, 3.05) is 13.6 Å². The molecule has 0 saturated carbocycles. The SMILES string of the molecule is CN[C@@H](CCCN=C(N)N)c1nc(-c2nc(-c3nc(-c4nc(-c5ncc(C)o5)c(C)o4)cs3)c(C)o2)cs1. The molecule has 38 heavy (non-hydrogen) atoms. The van der Waals surface area contributed by atoms with E-state index in [1.165, 1.54) is 11.3 Å². The highest BCUT2D eigenvalue weighted by Crippen LogP contribution is 2.35. The van der Waals surface area contributed by atoms with E-state index in [1.807, 2.05) is 38.6 Å². The summed E-state index contributed by atoms with van der Waals surface area (Å²) in [5.74, 6) is 3.31. The molecule has 0 aliphatic heterocycles. The van der Waals surface area contributed by atoms with Crippen LogP contribution in [0.3, 0.4) is 0 Å². The lowest BCUT2D eigenvalue weighted by atomic mass is 10.1. The second-order valence-corrected chi connectivity index (χ2v) is 10.3. The molecule has 0 amide bonds. The zero-order valence-electron chi connectivity index (χ0n) is 21.3. The second-order valence-electron chi connectivity index (χ2n) is 8.52. The van der Waals surface area contributed by atoms with Crippen LogP contribution in [0, 0.1) is 20.8 Å². The fourth-order valence-electron chi connectivity index (χ4n) is 3.79. The topological polar surface area (TPSA) is 180 Å². The van der Waals surface area contributed by atoms with Crippen molar-refractivity contribution in [1.82, 2.24) is 30.2 Å². The smallest absolute Gasteiger partial charge is 0.248 e. The van der Waals surface area contributed by atoms with Crippen LogP contribution in [0.5, 0.6) is 0 Å². The average molecular weight is 554 g/mol. The summed E-state index contributed by atoms with van der Waals surface area (Å²) >= 11 is 2.98. The molecular weight excluding hydrogens is 526 g/mol. The van der Waals surface area contributed by atoms with Crippen LogP contribution < -0.4 is 16.8 Å². The van der Waals surface area contributed by atoms with Gasteiger partial charge in [-0.25, -0.2) is 24.9 Å². The first-order chi connectivity index (χ1) is 18.3. The number of rotatable bonds is 10. The average Bonchev–Trinajstić information content (AvgIpc) is 3.69. The van der Waals surface area contributed by atoms with Gasteiger partial charge in [-0.2, -0.15) is 0 Å². The van der Waals surface area contributed by atoms with Crippen LogP contribution in [0.2, 0.25) is 0 Å². The minimum atomic E-state index is 0.0782. The van der Waals surface area contributed by atoms with Gasteiger partial charge < -0.3 is 30.0 Å². The highest BCUT2D eigenvalue weighted by atomic mass is 32.1. The Morgan fingerprint density at radius 1 is 0.921 bits per heavy atom. The van der Waals surface area contributed by atoms with Crippen molar-refractivity contribution in [3.63, 3.8) is 0 Å². The third-order valence-corrected chi connectivity index (χ3v) is 7.48. The Morgan fingerprint density at radius 2 is 1.61 bits per heavy atom. The van der Waals surface area contributed by atoms with Gasteiger partial charge in [0.05, 0.1) is 12.2 Å². The third-order valence-electron chi connectivity index (χ3n) is 5.68. The van der Waals surface area contributed by atoms with Gasteiger partial charge in [0.1, 0.15) is 44.4 Å². The normalized spacial score (nSPS) is 12.2. The first-order valence-corrected chi connectivity index (χ1v) is 13.6. The number of nitrogens with zero attached hydrogens (tertiary/aromatic N) is 6. The van der Waals surface area contributed by atoms with E-state index in [-0.39, 0.29) is 12.0 Å². The number of aromatic nitrogens is 5. The number of guanidine groups is 1. The molecule has 5 rings (SSSR count). The molecule has 14 heteroatoms. The van der Waals surface area contributed by atoms with Gasteiger partial charge in [-0.3, -0.25) is 4.99 Å². The van der Waals surface area contributed by atoms with E-state index in [9.17, 15) is 0 Å². The molecule has 12 nitrogen and oxygen atoms in total. The lowest BCUT2D eigenvalue weighted by Crippen LogP contribution is -2.23. The molecule has 0 bridgehead atoms. The molecule has 0 aliphatic carbocycles. The summed E-state index contributed by atoms with van der Waals surface area (Å²) in [6.07, 6.45) is 3.32. The summed E-state index contributed by atoms with van der Waals surface area (Å²) < 4.78 is 17.4. The molecule has 0 spiro atoms. The van der Waals surface area contributed by atoms with Crippen molar-refractivity contribution in [1.29, 1.82) is 0 Å². The first kappa shape index (κ1) is 25.8. The van der Waals surface area contributed by atoms with Gasteiger partial charge in [-0.15, -0.1) is 22.7 Å². The Labute approximate surface area is 226 Å². The molecule has 5 aromatic heterocycles. The fraction of sp³-hybridized carbons (Fsp3) is 0.333. The van der Waals surface area contributed by atoms with E-state index < -0.39 is 0 Å². The predicted octanol–water partition coefficient (Wildman–Crippen LogP) is 4.47. The van der Waals surface area contributed by atoms with Crippen LogP contribution >= 0.6 is 22.7 Å². The highest BCUT2D eigenvalue weighted by Gasteiger charge is 2.23. The summed E-state index contributed by atoms with van der Waals surface area (Å²) in [6.45, 7) is 6.08. The molecule has 0 aliphatic rings. The Bertz CT molecular complexity index is 1570. The number of oxazole rings is 3. The van der Waals surface area contributed by atoms with Gasteiger partial charge in [-0.1, -0.05) is 0 Å². The number of hydrogen-bond acceptors (Lipinski definition) is 12. The molecule has 5 aromatic rings. The summed E-state index contributed by atoms with van der Waals surface area (Å²) in [7, 11) is 1.91. The maximum atomic E-state index is 5.98. The number of nitrogens with one attached hydrogen (secondary N) is 1. The fourth-order valence-corrected chi connectivity index (χ4v) is 5.56. The maximum absolute atomic E-state index is 5.98.